The highest BCUT2D eigenvalue weighted by Crippen LogP contribution is 2.27. The van der Waals surface area contributed by atoms with E-state index in [-0.39, 0.29) is 22.4 Å². The van der Waals surface area contributed by atoms with Gasteiger partial charge in [-0.1, -0.05) is 31.2 Å². The number of carbonyl (C=O) groups excluding carboxylic acids is 1. The summed E-state index contributed by atoms with van der Waals surface area (Å²) in [5, 5.41) is 19.3. The summed E-state index contributed by atoms with van der Waals surface area (Å²) in [6, 6.07) is 9.43. The van der Waals surface area contributed by atoms with E-state index in [1.807, 2.05) is 13.0 Å². The molecule has 0 radical (unpaired) electrons. The predicted molar refractivity (Wildman–Crippen MR) is 79.1 cm³/mol. The Bertz CT molecular complexity index is 717. The minimum Gasteiger partial charge on any atom is -0.507 e. The number of phenolic OH excluding ortho intramolecular Hbond substituents is 1. The van der Waals surface area contributed by atoms with Crippen LogP contribution < -0.4 is 0 Å². The van der Waals surface area contributed by atoms with Gasteiger partial charge in [-0.2, -0.15) is 0 Å². The molecule has 0 spiro atoms. The van der Waals surface area contributed by atoms with Crippen LogP contribution in [0, 0.1) is 6.92 Å². The third-order valence-electron chi connectivity index (χ3n) is 3.42. The van der Waals surface area contributed by atoms with Gasteiger partial charge in [-0.25, -0.2) is 4.79 Å². The molecule has 0 aromatic heterocycles. The van der Waals surface area contributed by atoms with Gasteiger partial charge in [0.25, 0.3) is 0 Å². The highest BCUT2D eigenvalue weighted by molar-refractivity contribution is 6.15. The molecule has 0 heterocycles. The fraction of sp³-hybridized carbons (Fsp3) is 0.176. The number of aryl methyl sites for hydroxylation is 2. The van der Waals surface area contributed by atoms with E-state index in [1.54, 1.807) is 25.1 Å². The highest BCUT2D eigenvalue weighted by Gasteiger charge is 2.21. The molecule has 0 amide bonds. The molecule has 0 saturated carbocycles. The average molecular weight is 284 g/mol. The molecule has 0 saturated heterocycles. The zero-order valence-electron chi connectivity index (χ0n) is 11.9. The van der Waals surface area contributed by atoms with Gasteiger partial charge in [0.15, 0.2) is 5.78 Å². The molecule has 21 heavy (non-hydrogen) atoms. The number of rotatable bonds is 4. The standard InChI is InChI=1S/C17H16O4/c1-3-11-8-10(2)15(18)14(9-11)16(19)12-6-4-5-7-13(12)17(20)21/h4-9,18H,3H2,1-2H3,(H,20,21). The lowest BCUT2D eigenvalue weighted by Gasteiger charge is -2.10. The zero-order chi connectivity index (χ0) is 15.6. The molecule has 0 bridgehead atoms. The van der Waals surface area contributed by atoms with Crippen LogP contribution in [0.25, 0.3) is 0 Å². The van der Waals surface area contributed by atoms with Gasteiger partial charge in [0, 0.05) is 5.56 Å². The van der Waals surface area contributed by atoms with Gasteiger partial charge >= 0.3 is 5.97 Å². The maximum atomic E-state index is 12.6. The van der Waals surface area contributed by atoms with E-state index in [4.69, 9.17) is 0 Å². The number of carboxylic acid groups (broad SMARTS) is 1. The smallest absolute Gasteiger partial charge is 0.336 e. The van der Waals surface area contributed by atoms with E-state index in [9.17, 15) is 19.8 Å². The molecule has 0 aliphatic carbocycles. The molecule has 4 heteroatoms. The van der Waals surface area contributed by atoms with Gasteiger partial charge in [-0.05, 0) is 36.6 Å². The number of hydrogen-bond donors (Lipinski definition) is 2. The first-order valence-electron chi connectivity index (χ1n) is 6.65. The zero-order valence-corrected chi connectivity index (χ0v) is 11.9. The molecular formula is C17H16O4. The fourth-order valence-electron chi connectivity index (χ4n) is 2.24. The van der Waals surface area contributed by atoms with Crippen molar-refractivity contribution in [1.82, 2.24) is 0 Å². The Morgan fingerprint density at radius 1 is 1.05 bits per heavy atom. The fourth-order valence-corrected chi connectivity index (χ4v) is 2.24. The Balaban J connectivity index is 2.61. The molecule has 0 atom stereocenters. The van der Waals surface area contributed by atoms with Crippen LogP contribution in [0.1, 0.15) is 44.3 Å². The van der Waals surface area contributed by atoms with Crippen molar-refractivity contribution in [3.05, 3.63) is 64.2 Å². The highest BCUT2D eigenvalue weighted by atomic mass is 16.4. The van der Waals surface area contributed by atoms with Crippen LogP contribution in [-0.2, 0) is 6.42 Å². The summed E-state index contributed by atoms with van der Waals surface area (Å²) in [5.74, 6) is -1.75. The Kier molecular flexibility index (Phi) is 4.08. The molecule has 0 fully saturated rings. The van der Waals surface area contributed by atoms with Gasteiger partial charge in [-0.15, -0.1) is 0 Å². The van der Waals surface area contributed by atoms with E-state index in [0.717, 1.165) is 12.0 Å². The average Bonchev–Trinajstić information content (AvgIpc) is 2.49. The lowest BCUT2D eigenvalue weighted by molar-refractivity contribution is 0.0692. The van der Waals surface area contributed by atoms with Crippen LogP contribution in [-0.4, -0.2) is 22.0 Å². The third-order valence-corrected chi connectivity index (χ3v) is 3.42. The van der Waals surface area contributed by atoms with Crippen molar-refractivity contribution >= 4 is 11.8 Å². The van der Waals surface area contributed by atoms with Crippen molar-refractivity contribution in [3.63, 3.8) is 0 Å². The Morgan fingerprint density at radius 2 is 1.67 bits per heavy atom. The van der Waals surface area contributed by atoms with Crippen molar-refractivity contribution in [2.45, 2.75) is 20.3 Å². The number of carboxylic acids is 1. The second-order valence-corrected chi connectivity index (χ2v) is 4.84. The summed E-state index contributed by atoms with van der Waals surface area (Å²) in [6.45, 7) is 3.67. The predicted octanol–water partition coefficient (Wildman–Crippen LogP) is 3.19. The van der Waals surface area contributed by atoms with Gasteiger partial charge in [0.05, 0.1) is 11.1 Å². The second-order valence-electron chi connectivity index (χ2n) is 4.84. The van der Waals surface area contributed by atoms with Crippen LogP contribution in [0.2, 0.25) is 0 Å². The molecule has 2 aromatic rings. The van der Waals surface area contributed by atoms with Crippen molar-refractivity contribution in [2.24, 2.45) is 0 Å². The van der Waals surface area contributed by atoms with Crippen molar-refractivity contribution < 1.29 is 19.8 Å². The number of hydrogen-bond acceptors (Lipinski definition) is 3. The van der Waals surface area contributed by atoms with Crippen molar-refractivity contribution in [1.29, 1.82) is 0 Å². The lowest BCUT2D eigenvalue weighted by Crippen LogP contribution is -2.10. The maximum Gasteiger partial charge on any atom is 0.336 e. The Hall–Kier alpha value is -2.62. The summed E-state index contributed by atoms with van der Waals surface area (Å²) in [6.07, 6.45) is 0.724. The van der Waals surface area contributed by atoms with Crippen molar-refractivity contribution in [3.8, 4) is 5.75 Å². The second kappa shape index (κ2) is 5.79. The number of ketones is 1. The van der Waals surface area contributed by atoms with Crippen LogP contribution in [0.15, 0.2) is 36.4 Å². The Morgan fingerprint density at radius 3 is 2.24 bits per heavy atom. The van der Waals surface area contributed by atoms with Crippen LogP contribution in [0.4, 0.5) is 0 Å². The lowest BCUT2D eigenvalue weighted by atomic mass is 9.94. The molecule has 4 nitrogen and oxygen atoms in total. The number of aromatic hydroxyl groups is 1. The topological polar surface area (TPSA) is 74.6 Å². The summed E-state index contributed by atoms with van der Waals surface area (Å²) in [4.78, 5) is 23.8. The van der Waals surface area contributed by atoms with Crippen LogP contribution in [0.3, 0.4) is 0 Å². The van der Waals surface area contributed by atoms with E-state index in [0.29, 0.717) is 5.56 Å². The minimum absolute atomic E-state index is 0.0681. The normalized spacial score (nSPS) is 10.4. The first-order chi connectivity index (χ1) is 9.95. The van der Waals surface area contributed by atoms with Crippen LogP contribution >= 0.6 is 0 Å². The van der Waals surface area contributed by atoms with Gasteiger partial charge in [0.1, 0.15) is 5.75 Å². The number of carbonyl (C=O) groups is 2. The monoisotopic (exact) mass is 284 g/mol. The minimum atomic E-state index is -1.16. The summed E-state index contributed by atoms with van der Waals surface area (Å²) < 4.78 is 0. The molecule has 2 rings (SSSR count). The summed E-state index contributed by atoms with van der Waals surface area (Å²) in [7, 11) is 0. The van der Waals surface area contributed by atoms with E-state index in [2.05, 4.69) is 0 Å². The molecule has 0 unspecified atom stereocenters. The molecule has 0 aliphatic rings. The van der Waals surface area contributed by atoms with Gasteiger partial charge in [0.2, 0.25) is 0 Å². The van der Waals surface area contributed by atoms with Gasteiger partial charge < -0.3 is 10.2 Å². The van der Waals surface area contributed by atoms with Crippen LogP contribution in [0.5, 0.6) is 5.75 Å². The summed E-state index contributed by atoms with van der Waals surface area (Å²) >= 11 is 0. The first-order valence-corrected chi connectivity index (χ1v) is 6.65. The molecule has 108 valence electrons. The van der Waals surface area contributed by atoms with E-state index in [1.165, 1.54) is 12.1 Å². The third kappa shape index (κ3) is 2.79. The molecule has 0 aliphatic heterocycles. The quantitative estimate of drug-likeness (QED) is 0.845. The largest absolute Gasteiger partial charge is 0.507 e. The maximum absolute atomic E-state index is 12.6. The Labute approximate surface area is 122 Å². The molecular weight excluding hydrogens is 268 g/mol. The SMILES string of the molecule is CCc1cc(C)c(O)c(C(=O)c2ccccc2C(=O)O)c1. The first kappa shape index (κ1) is 14.8. The number of benzene rings is 2. The van der Waals surface area contributed by atoms with E-state index < -0.39 is 11.8 Å². The number of phenols is 1. The molecule has 2 aromatic carbocycles. The van der Waals surface area contributed by atoms with E-state index >= 15 is 0 Å². The number of aromatic carboxylic acids is 1. The summed E-state index contributed by atoms with van der Waals surface area (Å²) in [5.41, 5.74) is 1.67. The van der Waals surface area contributed by atoms with Gasteiger partial charge in [-0.3, -0.25) is 4.79 Å². The van der Waals surface area contributed by atoms with Crippen molar-refractivity contribution in [2.75, 3.05) is 0 Å². The molecule has 2 N–H and O–H groups in total.